The van der Waals surface area contributed by atoms with Crippen molar-refractivity contribution < 1.29 is 4.79 Å². The van der Waals surface area contributed by atoms with E-state index < -0.39 is 0 Å². The molecule has 1 fully saturated rings. The molecule has 0 aliphatic heterocycles. The fourth-order valence-corrected chi connectivity index (χ4v) is 2.30. The number of nitrogens with zero attached hydrogens (tertiary/aromatic N) is 1. The molecular formula is C17H18ClN3O. The summed E-state index contributed by atoms with van der Waals surface area (Å²) in [6.45, 7) is 0.572. The number of rotatable bonds is 6. The van der Waals surface area contributed by atoms with Crippen LogP contribution in [0.3, 0.4) is 0 Å². The van der Waals surface area contributed by atoms with Gasteiger partial charge in [-0.25, -0.2) is 0 Å². The summed E-state index contributed by atoms with van der Waals surface area (Å²) >= 11 is 5.85. The Hall–Kier alpha value is -2.07. The van der Waals surface area contributed by atoms with Crippen LogP contribution in [0.1, 0.15) is 28.9 Å². The first-order valence-corrected chi connectivity index (χ1v) is 7.84. The summed E-state index contributed by atoms with van der Waals surface area (Å²) in [6.07, 6.45) is 4.83. The first kappa shape index (κ1) is 14.9. The molecule has 1 aromatic carbocycles. The maximum Gasteiger partial charge on any atom is 0.269 e. The minimum absolute atomic E-state index is 0.145. The molecule has 4 nitrogen and oxygen atoms in total. The van der Waals surface area contributed by atoms with Crippen LogP contribution in [0, 0.1) is 0 Å². The van der Waals surface area contributed by atoms with Crippen molar-refractivity contribution in [2.24, 2.45) is 0 Å². The fourth-order valence-electron chi connectivity index (χ4n) is 2.17. The second-order valence-electron chi connectivity index (χ2n) is 5.48. The Morgan fingerprint density at radius 2 is 2.00 bits per heavy atom. The number of pyridine rings is 1. The minimum Gasteiger partial charge on any atom is -0.382 e. The number of carbonyl (C=O) groups is 1. The predicted octanol–water partition coefficient (Wildman–Crippen LogP) is 3.28. The number of amides is 1. The van der Waals surface area contributed by atoms with Gasteiger partial charge in [-0.05, 0) is 49.1 Å². The molecule has 0 atom stereocenters. The van der Waals surface area contributed by atoms with Crippen molar-refractivity contribution in [3.63, 3.8) is 0 Å². The Kier molecular flexibility index (Phi) is 4.59. The van der Waals surface area contributed by atoms with Crippen molar-refractivity contribution >= 4 is 23.2 Å². The molecular weight excluding hydrogens is 298 g/mol. The average Bonchev–Trinajstić information content (AvgIpc) is 3.33. The fraction of sp³-hybridized carbons (Fsp3) is 0.294. The van der Waals surface area contributed by atoms with Gasteiger partial charge >= 0.3 is 0 Å². The highest BCUT2D eigenvalue weighted by Crippen LogP contribution is 2.24. The summed E-state index contributed by atoms with van der Waals surface area (Å²) in [4.78, 5) is 16.3. The minimum atomic E-state index is -0.145. The molecule has 1 heterocycles. The third-order valence-electron chi connectivity index (χ3n) is 3.55. The van der Waals surface area contributed by atoms with Gasteiger partial charge in [0.25, 0.3) is 5.91 Å². The van der Waals surface area contributed by atoms with Gasteiger partial charge in [-0.3, -0.25) is 9.78 Å². The molecule has 1 aliphatic carbocycles. The van der Waals surface area contributed by atoms with Crippen LogP contribution in [-0.4, -0.2) is 23.5 Å². The lowest BCUT2D eigenvalue weighted by Gasteiger charge is -2.08. The van der Waals surface area contributed by atoms with Crippen molar-refractivity contribution in [1.29, 1.82) is 0 Å². The van der Waals surface area contributed by atoms with Crippen LogP contribution in [0.5, 0.6) is 0 Å². The van der Waals surface area contributed by atoms with E-state index in [1.807, 2.05) is 30.3 Å². The zero-order valence-electron chi connectivity index (χ0n) is 12.2. The highest BCUT2D eigenvalue weighted by atomic mass is 35.5. The highest BCUT2D eigenvalue weighted by molar-refractivity contribution is 6.30. The monoisotopic (exact) mass is 315 g/mol. The van der Waals surface area contributed by atoms with Gasteiger partial charge in [0.05, 0.1) is 0 Å². The SMILES string of the molecule is O=C(NCCc1ccc(Cl)cc1)c1cc(NC2CC2)ccn1. The molecule has 22 heavy (non-hydrogen) atoms. The van der Waals surface area contributed by atoms with Gasteiger partial charge in [0.2, 0.25) is 0 Å². The molecule has 1 aromatic heterocycles. The van der Waals surface area contributed by atoms with Crippen LogP contribution in [0.25, 0.3) is 0 Å². The Morgan fingerprint density at radius 1 is 1.23 bits per heavy atom. The maximum absolute atomic E-state index is 12.1. The lowest BCUT2D eigenvalue weighted by Crippen LogP contribution is -2.26. The zero-order valence-corrected chi connectivity index (χ0v) is 12.9. The third kappa shape index (κ3) is 4.21. The Labute approximate surface area is 134 Å². The molecule has 114 valence electrons. The van der Waals surface area contributed by atoms with Crippen molar-refractivity contribution in [3.8, 4) is 0 Å². The van der Waals surface area contributed by atoms with Gasteiger partial charge in [0, 0.05) is 29.5 Å². The molecule has 5 heteroatoms. The maximum atomic E-state index is 12.1. The van der Waals surface area contributed by atoms with E-state index in [9.17, 15) is 4.79 Å². The van der Waals surface area contributed by atoms with E-state index in [1.165, 1.54) is 12.8 Å². The van der Waals surface area contributed by atoms with Crippen LogP contribution in [0.4, 0.5) is 5.69 Å². The summed E-state index contributed by atoms with van der Waals surface area (Å²) in [5.41, 5.74) is 2.55. The van der Waals surface area contributed by atoms with Gasteiger partial charge in [-0.1, -0.05) is 23.7 Å². The lowest BCUT2D eigenvalue weighted by atomic mass is 10.1. The first-order chi connectivity index (χ1) is 10.7. The molecule has 2 N–H and O–H groups in total. The van der Waals surface area contributed by atoms with Crippen LogP contribution in [0.2, 0.25) is 5.02 Å². The lowest BCUT2D eigenvalue weighted by molar-refractivity contribution is 0.0949. The second-order valence-corrected chi connectivity index (χ2v) is 5.92. The van der Waals surface area contributed by atoms with Crippen LogP contribution in [-0.2, 0) is 6.42 Å². The Balaban J connectivity index is 1.51. The normalized spacial score (nSPS) is 13.7. The van der Waals surface area contributed by atoms with Gasteiger partial charge in [-0.15, -0.1) is 0 Å². The van der Waals surface area contributed by atoms with Gasteiger partial charge in [0.1, 0.15) is 5.69 Å². The summed E-state index contributed by atoms with van der Waals surface area (Å²) < 4.78 is 0. The molecule has 0 spiro atoms. The molecule has 3 rings (SSSR count). The van der Waals surface area contributed by atoms with Crippen LogP contribution < -0.4 is 10.6 Å². The van der Waals surface area contributed by atoms with E-state index in [0.717, 1.165) is 22.7 Å². The Bertz CT molecular complexity index is 653. The van der Waals surface area contributed by atoms with Gasteiger partial charge < -0.3 is 10.6 Å². The summed E-state index contributed by atoms with van der Waals surface area (Å²) in [6, 6.07) is 11.9. The summed E-state index contributed by atoms with van der Waals surface area (Å²) in [7, 11) is 0. The van der Waals surface area contributed by atoms with E-state index in [1.54, 1.807) is 12.3 Å². The molecule has 1 aliphatic rings. The number of aromatic nitrogens is 1. The van der Waals surface area contributed by atoms with Crippen molar-refractivity contribution in [3.05, 3.63) is 58.9 Å². The molecule has 0 radical (unpaired) electrons. The van der Waals surface area contributed by atoms with E-state index in [-0.39, 0.29) is 5.91 Å². The van der Waals surface area contributed by atoms with E-state index in [4.69, 9.17) is 11.6 Å². The van der Waals surface area contributed by atoms with E-state index in [2.05, 4.69) is 15.6 Å². The first-order valence-electron chi connectivity index (χ1n) is 7.46. The van der Waals surface area contributed by atoms with Crippen molar-refractivity contribution in [1.82, 2.24) is 10.3 Å². The zero-order chi connectivity index (χ0) is 15.4. The Morgan fingerprint density at radius 3 is 2.73 bits per heavy atom. The van der Waals surface area contributed by atoms with Gasteiger partial charge in [0.15, 0.2) is 0 Å². The molecule has 2 aromatic rings. The molecule has 0 unspecified atom stereocenters. The number of nitrogens with one attached hydrogen (secondary N) is 2. The number of benzene rings is 1. The third-order valence-corrected chi connectivity index (χ3v) is 3.81. The average molecular weight is 316 g/mol. The summed E-state index contributed by atoms with van der Waals surface area (Å²) in [5.74, 6) is -0.145. The largest absolute Gasteiger partial charge is 0.382 e. The smallest absolute Gasteiger partial charge is 0.269 e. The molecule has 1 amide bonds. The van der Waals surface area contributed by atoms with Gasteiger partial charge in [-0.2, -0.15) is 0 Å². The number of hydrogen-bond acceptors (Lipinski definition) is 3. The molecule has 0 saturated heterocycles. The quantitative estimate of drug-likeness (QED) is 0.860. The number of halogens is 1. The van der Waals surface area contributed by atoms with Crippen molar-refractivity contribution in [2.75, 3.05) is 11.9 Å². The van der Waals surface area contributed by atoms with Crippen LogP contribution >= 0.6 is 11.6 Å². The topological polar surface area (TPSA) is 54.0 Å². The van der Waals surface area contributed by atoms with Crippen LogP contribution in [0.15, 0.2) is 42.6 Å². The standard InChI is InChI=1S/C17H18ClN3O/c18-13-3-1-12(2-4-13)7-9-20-17(22)16-11-15(8-10-19-16)21-14-5-6-14/h1-4,8,10-11,14H,5-7,9H2,(H,19,21)(H,20,22). The molecule has 1 saturated carbocycles. The number of carbonyl (C=O) groups excluding carboxylic acids is 1. The molecule has 0 bridgehead atoms. The van der Waals surface area contributed by atoms with E-state index >= 15 is 0 Å². The number of hydrogen-bond donors (Lipinski definition) is 2. The number of anilines is 1. The second kappa shape index (κ2) is 6.79. The van der Waals surface area contributed by atoms with Crippen molar-refractivity contribution in [2.45, 2.75) is 25.3 Å². The predicted molar refractivity (Wildman–Crippen MR) is 88.4 cm³/mol. The van der Waals surface area contributed by atoms with E-state index in [0.29, 0.717) is 18.3 Å². The summed E-state index contributed by atoms with van der Waals surface area (Å²) in [5, 5.41) is 6.98. The highest BCUT2D eigenvalue weighted by Gasteiger charge is 2.21.